The van der Waals surface area contributed by atoms with Gasteiger partial charge in [0.05, 0.1) is 22.3 Å². The van der Waals surface area contributed by atoms with Crippen molar-refractivity contribution in [1.29, 1.82) is 0 Å². The Hall–Kier alpha value is -4.80. The molecule has 5 rings (SSSR count). The predicted octanol–water partition coefficient (Wildman–Crippen LogP) is 5.64. The van der Waals surface area contributed by atoms with Gasteiger partial charge in [-0.1, -0.05) is 88.7 Å². The summed E-state index contributed by atoms with van der Waals surface area (Å²) in [5, 5.41) is -0.975. The minimum absolute atomic E-state index is 0.241. The monoisotopic (exact) mass is 658 g/mol. The first kappa shape index (κ1) is 30.7. The van der Waals surface area contributed by atoms with Crippen molar-refractivity contribution in [1.82, 2.24) is 0 Å². The number of carbonyl (C=O) groups excluding carboxylic acids is 4. The van der Waals surface area contributed by atoms with Crippen LogP contribution in [-0.4, -0.2) is 59.9 Å². The minimum Gasteiger partial charge on any atom is -0.458 e. The van der Waals surface area contributed by atoms with Crippen molar-refractivity contribution in [3.63, 3.8) is 0 Å². The first-order chi connectivity index (χ1) is 21.4. The second-order valence-corrected chi connectivity index (χ2v) is 10.6. The smallest absolute Gasteiger partial charge is 0.338 e. The lowest BCUT2D eigenvalue weighted by atomic mass is 10.1. The molecule has 0 aromatic heterocycles. The van der Waals surface area contributed by atoms with Crippen LogP contribution in [0.1, 0.15) is 41.4 Å². The Morgan fingerprint density at radius 2 is 0.955 bits per heavy atom. The summed E-state index contributed by atoms with van der Waals surface area (Å²) in [6, 6.07) is 33.0. The highest BCUT2D eigenvalue weighted by molar-refractivity contribution is 9.09. The van der Waals surface area contributed by atoms with Crippen LogP contribution in [-0.2, 0) is 23.7 Å². The molecule has 44 heavy (non-hydrogen) atoms. The van der Waals surface area contributed by atoms with Gasteiger partial charge in [-0.25, -0.2) is 19.2 Å². The number of hydrogen-bond donors (Lipinski definition) is 0. The van der Waals surface area contributed by atoms with Crippen molar-refractivity contribution < 1.29 is 42.9 Å². The molecule has 0 saturated carbocycles. The average molecular weight is 659 g/mol. The van der Waals surface area contributed by atoms with Gasteiger partial charge in [0.2, 0.25) is 0 Å². The number of benzene rings is 4. The van der Waals surface area contributed by atoms with E-state index in [1.54, 1.807) is 121 Å². The number of hydrogen-bond acceptors (Lipinski definition) is 9. The predicted molar refractivity (Wildman–Crippen MR) is 161 cm³/mol. The maximum atomic E-state index is 13.2. The zero-order chi connectivity index (χ0) is 30.9. The van der Waals surface area contributed by atoms with E-state index in [-0.39, 0.29) is 22.3 Å². The highest BCUT2D eigenvalue weighted by atomic mass is 79.9. The Balaban J connectivity index is 1.45. The van der Waals surface area contributed by atoms with Gasteiger partial charge in [0.15, 0.2) is 23.3 Å². The number of halogens is 1. The van der Waals surface area contributed by atoms with Crippen LogP contribution < -0.4 is 0 Å². The third kappa shape index (κ3) is 7.58. The Morgan fingerprint density at radius 1 is 0.568 bits per heavy atom. The number of ether oxygens (including phenoxy) is 5. The van der Waals surface area contributed by atoms with Crippen LogP contribution in [0.3, 0.4) is 0 Å². The van der Waals surface area contributed by atoms with Gasteiger partial charge < -0.3 is 23.7 Å². The van der Waals surface area contributed by atoms with Gasteiger partial charge in [0, 0.05) is 0 Å². The fraction of sp³-hybridized carbons (Fsp3) is 0.176. The van der Waals surface area contributed by atoms with Crippen LogP contribution in [0.25, 0.3) is 0 Å². The molecule has 5 atom stereocenters. The van der Waals surface area contributed by atoms with E-state index in [0.29, 0.717) is 0 Å². The molecule has 0 spiro atoms. The summed E-state index contributed by atoms with van der Waals surface area (Å²) in [5.74, 6) is -2.79. The van der Waals surface area contributed by atoms with Crippen LogP contribution in [0, 0.1) is 0 Å². The lowest BCUT2D eigenvalue weighted by Crippen LogP contribution is -2.47. The maximum absolute atomic E-state index is 13.2. The highest BCUT2D eigenvalue weighted by Gasteiger charge is 2.53. The van der Waals surface area contributed by atoms with Crippen LogP contribution in [0.2, 0.25) is 0 Å². The molecule has 1 aliphatic heterocycles. The van der Waals surface area contributed by atoms with Crippen molar-refractivity contribution in [3.05, 3.63) is 144 Å². The summed E-state index contributed by atoms with van der Waals surface area (Å²) < 4.78 is 29.1. The molecule has 1 heterocycles. The Kier molecular flexibility index (Phi) is 10.2. The van der Waals surface area contributed by atoms with E-state index < -0.39 is 59.9 Å². The molecule has 10 heteroatoms. The largest absolute Gasteiger partial charge is 0.458 e. The van der Waals surface area contributed by atoms with Gasteiger partial charge in [0.1, 0.15) is 12.7 Å². The number of rotatable bonds is 10. The van der Waals surface area contributed by atoms with E-state index in [2.05, 4.69) is 15.9 Å². The van der Waals surface area contributed by atoms with E-state index in [1.807, 2.05) is 0 Å². The molecule has 9 nitrogen and oxygen atoms in total. The topological polar surface area (TPSA) is 114 Å². The molecule has 0 bridgehead atoms. The van der Waals surface area contributed by atoms with Crippen molar-refractivity contribution >= 4 is 39.8 Å². The summed E-state index contributed by atoms with van der Waals surface area (Å²) in [5.41, 5.74) is 1.04. The van der Waals surface area contributed by atoms with Gasteiger partial charge in [0.25, 0.3) is 0 Å². The fourth-order valence-corrected chi connectivity index (χ4v) is 5.18. The number of carbonyl (C=O) groups is 4. The van der Waals surface area contributed by atoms with Crippen molar-refractivity contribution in [3.8, 4) is 0 Å². The van der Waals surface area contributed by atoms with Crippen LogP contribution in [0.4, 0.5) is 0 Å². The Bertz CT molecular complexity index is 1570. The SMILES string of the molecule is O=C(OC[C@@H](OC(=O)c1ccccc1)[C@@H]1OC(Br)[C@H](OC(=O)c2ccccc2)[C@H]1OC(=O)c1ccccc1)c1ccccc1. The third-order valence-electron chi connectivity index (χ3n) is 6.72. The second-order valence-electron chi connectivity index (χ2n) is 9.70. The third-order valence-corrected chi connectivity index (χ3v) is 7.46. The van der Waals surface area contributed by atoms with E-state index in [0.717, 1.165) is 0 Å². The quantitative estimate of drug-likeness (QED) is 0.121. The van der Waals surface area contributed by atoms with Crippen molar-refractivity contribution in [2.75, 3.05) is 6.61 Å². The zero-order valence-electron chi connectivity index (χ0n) is 23.2. The Labute approximate surface area is 261 Å². The summed E-state index contributed by atoms with van der Waals surface area (Å²) in [7, 11) is 0. The standard InChI is InChI=1S/C34H27BrO9/c35-30-29(44-34(39)25-19-11-4-12-20-25)28(43-33(38)24-17-9-3-10-18-24)27(42-30)26(41-32(37)23-15-7-2-8-16-23)21-40-31(36)22-13-5-1-6-14-22/h1-20,26-30H,21H2/t26-,27+,28+,29-,30?/m1/s1. The molecule has 0 amide bonds. The Morgan fingerprint density at radius 3 is 1.41 bits per heavy atom. The second kappa shape index (κ2) is 14.6. The summed E-state index contributed by atoms with van der Waals surface area (Å²) >= 11 is 3.39. The van der Waals surface area contributed by atoms with Gasteiger partial charge in [-0.3, -0.25) is 0 Å². The fourth-order valence-electron chi connectivity index (χ4n) is 4.52. The number of esters is 4. The summed E-state index contributed by atoms with van der Waals surface area (Å²) in [4.78, 5) is 52.3. The molecular formula is C34H27BrO9. The molecule has 224 valence electrons. The van der Waals surface area contributed by atoms with E-state index in [9.17, 15) is 19.2 Å². The first-order valence-electron chi connectivity index (χ1n) is 13.7. The molecule has 1 aliphatic rings. The van der Waals surface area contributed by atoms with Crippen LogP contribution in [0.5, 0.6) is 0 Å². The van der Waals surface area contributed by atoms with E-state index in [1.165, 1.54) is 0 Å². The molecular weight excluding hydrogens is 632 g/mol. The van der Waals surface area contributed by atoms with E-state index in [4.69, 9.17) is 23.7 Å². The van der Waals surface area contributed by atoms with Crippen molar-refractivity contribution in [2.24, 2.45) is 0 Å². The molecule has 0 N–H and O–H groups in total. The molecule has 1 saturated heterocycles. The lowest BCUT2D eigenvalue weighted by Gasteiger charge is -2.28. The molecule has 0 aliphatic carbocycles. The zero-order valence-corrected chi connectivity index (χ0v) is 24.8. The number of alkyl halides is 1. The molecule has 4 aromatic rings. The lowest BCUT2D eigenvalue weighted by molar-refractivity contribution is -0.0895. The van der Waals surface area contributed by atoms with Crippen molar-refractivity contribution in [2.45, 2.75) is 29.4 Å². The first-order valence-corrected chi connectivity index (χ1v) is 14.6. The highest BCUT2D eigenvalue weighted by Crippen LogP contribution is 2.34. The molecule has 1 fully saturated rings. The van der Waals surface area contributed by atoms with Crippen LogP contribution in [0.15, 0.2) is 121 Å². The van der Waals surface area contributed by atoms with Gasteiger partial charge in [-0.05, 0) is 48.5 Å². The average Bonchev–Trinajstić information content (AvgIpc) is 3.37. The summed E-state index contributed by atoms with van der Waals surface area (Å²) in [6.45, 7) is -0.449. The van der Waals surface area contributed by atoms with E-state index >= 15 is 0 Å². The molecule has 4 aromatic carbocycles. The normalized spacial score (nSPS) is 19.8. The summed E-state index contributed by atoms with van der Waals surface area (Å²) in [6.07, 6.45) is -4.92. The molecule has 0 radical (unpaired) electrons. The maximum Gasteiger partial charge on any atom is 0.338 e. The van der Waals surface area contributed by atoms with Gasteiger partial charge >= 0.3 is 23.9 Å². The minimum atomic E-state index is -1.27. The van der Waals surface area contributed by atoms with Gasteiger partial charge in [-0.2, -0.15) is 0 Å². The molecule has 1 unspecified atom stereocenters. The van der Waals surface area contributed by atoms with Crippen LogP contribution >= 0.6 is 15.9 Å². The van der Waals surface area contributed by atoms with Gasteiger partial charge in [-0.15, -0.1) is 0 Å².